The number of benzene rings is 3. The number of rotatable bonds is 3. The number of ether oxygens (including phenoxy) is 1. The molecule has 0 unspecified atom stereocenters. The van der Waals surface area contributed by atoms with E-state index in [2.05, 4.69) is 12.6 Å². The number of nitrogens with zero attached hydrogens (tertiary/aromatic N) is 2. The Bertz CT molecular complexity index is 1260. The zero-order valence-electron chi connectivity index (χ0n) is 19.7. The fourth-order valence-corrected chi connectivity index (χ4v) is 4.59. The number of halogens is 3. The number of hydrogen-bond donors (Lipinski definition) is 2. The lowest BCUT2D eigenvalue weighted by atomic mass is 10.0. The van der Waals surface area contributed by atoms with Gasteiger partial charge in [-0.15, -0.1) is 24.4 Å². The molecule has 1 aliphatic rings. The lowest BCUT2D eigenvalue weighted by Crippen LogP contribution is -2.29. The van der Waals surface area contributed by atoms with Gasteiger partial charge in [-0.05, 0) is 36.4 Å². The third kappa shape index (κ3) is 5.90. The molecule has 2 amide bonds. The molecule has 0 aliphatic carbocycles. The van der Waals surface area contributed by atoms with Crippen LogP contribution in [0.1, 0.15) is 26.3 Å². The number of fused-ring (bicyclic) bond motifs is 1. The second-order valence-corrected chi connectivity index (χ2v) is 9.30. The molecule has 3 aromatic rings. The van der Waals surface area contributed by atoms with Crippen molar-refractivity contribution in [2.45, 2.75) is 16.0 Å². The summed E-state index contributed by atoms with van der Waals surface area (Å²) in [6, 6.07) is 16.5. The van der Waals surface area contributed by atoms with Crippen LogP contribution in [0.15, 0.2) is 70.5 Å². The van der Waals surface area contributed by atoms with Crippen LogP contribution in [0.3, 0.4) is 0 Å². The first-order chi connectivity index (χ1) is 17.0. The Morgan fingerprint density at radius 2 is 1.72 bits per heavy atom. The molecule has 2 N–H and O–H groups in total. The first-order valence-corrected chi connectivity index (χ1v) is 12.0. The fourth-order valence-electron chi connectivity index (χ4n) is 3.40. The molecule has 190 valence electrons. The molecule has 0 aromatic heterocycles. The molecule has 0 saturated carbocycles. The van der Waals surface area contributed by atoms with Gasteiger partial charge in [0.05, 0.1) is 29.8 Å². The molecule has 1 heterocycles. The molecule has 0 radical (unpaired) electrons. The normalized spacial score (nSPS) is 12.4. The van der Waals surface area contributed by atoms with E-state index in [4.69, 9.17) is 10.5 Å². The molecule has 0 saturated heterocycles. The zero-order chi connectivity index (χ0) is 26.6. The zero-order valence-corrected chi connectivity index (χ0v) is 21.4. The van der Waals surface area contributed by atoms with Crippen molar-refractivity contribution in [1.82, 2.24) is 4.90 Å². The molecule has 0 spiro atoms. The molecule has 0 atom stereocenters. The van der Waals surface area contributed by atoms with E-state index in [-0.39, 0.29) is 17.0 Å². The van der Waals surface area contributed by atoms with E-state index in [0.29, 0.717) is 5.69 Å². The Balaban J connectivity index is 0.000000383. The quantitative estimate of drug-likeness (QED) is 0.333. The Hall–Kier alpha value is -3.31. The molecular formula is C25H24F3N3O3S2. The number of nitrogens with two attached hydrogens (primary N) is 1. The Labute approximate surface area is 216 Å². The molecule has 0 bridgehead atoms. The Kier molecular flexibility index (Phi) is 8.47. The SMILES string of the molecule is COc1c(C(=O)N(C)C)cc(C(=O)N2CSc3ccccc32)cc1C(F)(F)F.Nc1ccccc1S. The van der Waals surface area contributed by atoms with Crippen LogP contribution in [0.4, 0.5) is 24.5 Å². The minimum atomic E-state index is -4.79. The predicted molar refractivity (Wildman–Crippen MR) is 138 cm³/mol. The van der Waals surface area contributed by atoms with Crippen LogP contribution < -0.4 is 15.4 Å². The minimum Gasteiger partial charge on any atom is -0.495 e. The van der Waals surface area contributed by atoms with Crippen molar-refractivity contribution in [2.75, 3.05) is 37.7 Å². The smallest absolute Gasteiger partial charge is 0.420 e. The molecule has 3 aromatic carbocycles. The van der Waals surface area contributed by atoms with Gasteiger partial charge in [-0.2, -0.15) is 13.2 Å². The number of anilines is 2. The van der Waals surface area contributed by atoms with Gasteiger partial charge in [0.25, 0.3) is 11.8 Å². The van der Waals surface area contributed by atoms with Crippen LogP contribution in [0.2, 0.25) is 0 Å². The van der Waals surface area contributed by atoms with Gasteiger partial charge in [0.15, 0.2) is 0 Å². The Morgan fingerprint density at radius 1 is 1.08 bits per heavy atom. The topological polar surface area (TPSA) is 75.9 Å². The third-order valence-electron chi connectivity index (χ3n) is 5.17. The average molecular weight is 536 g/mol. The summed E-state index contributed by atoms with van der Waals surface area (Å²) in [5.41, 5.74) is 5.10. The van der Waals surface area contributed by atoms with Gasteiger partial charge in [0, 0.05) is 35.1 Å². The van der Waals surface area contributed by atoms with Crippen molar-refractivity contribution in [3.8, 4) is 5.75 Å². The van der Waals surface area contributed by atoms with E-state index in [9.17, 15) is 22.8 Å². The highest BCUT2D eigenvalue weighted by atomic mass is 32.2. The number of para-hydroxylation sites is 2. The number of methoxy groups -OCH3 is 1. The number of alkyl halides is 3. The van der Waals surface area contributed by atoms with Gasteiger partial charge in [-0.25, -0.2) is 0 Å². The molecule has 4 rings (SSSR count). The van der Waals surface area contributed by atoms with E-state index in [1.54, 1.807) is 12.1 Å². The summed E-state index contributed by atoms with van der Waals surface area (Å²) >= 11 is 5.49. The molecule has 6 nitrogen and oxygen atoms in total. The van der Waals surface area contributed by atoms with Crippen LogP contribution in [-0.4, -0.2) is 43.8 Å². The van der Waals surface area contributed by atoms with Crippen molar-refractivity contribution < 1.29 is 27.5 Å². The summed E-state index contributed by atoms with van der Waals surface area (Å²) < 4.78 is 45.7. The van der Waals surface area contributed by atoms with Gasteiger partial charge in [0.2, 0.25) is 0 Å². The standard InChI is InChI=1S/C19H17F3N2O3S.C6H7NS/c1-23(2)18(26)12-8-11(9-13(16(12)27-3)19(20,21)22)17(25)24-10-28-15-7-5-4-6-14(15)24;7-5-3-1-2-4-6(5)8/h4-9H,10H2,1-3H3;1-4,8H,7H2. The van der Waals surface area contributed by atoms with Crippen LogP contribution in [0, 0.1) is 0 Å². The number of carbonyl (C=O) groups excluding carboxylic acids is 2. The first-order valence-electron chi connectivity index (χ1n) is 10.5. The van der Waals surface area contributed by atoms with Crippen molar-refractivity contribution in [3.05, 3.63) is 77.4 Å². The third-order valence-corrected chi connectivity index (χ3v) is 6.62. The van der Waals surface area contributed by atoms with Crippen LogP contribution >= 0.6 is 24.4 Å². The molecule has 11 heteroatoms. The van der Waals surface area contributed by atoms with Gasteiger partial charge >= 0.3 is 6.18 Å². The number of carbonyl (C=O) groups is 2. The van der Waals surface area contributed by atoms with E-state index in [0.717, 1.165) is 39.6 Å². The number of amides is 2. The van der Waals surface area contributed by atoms with Crippen molar-refractivity contribution in [1.29, 1.82) is 0 Å². The summed E-state index contributed by atoms with van der Waals surface area (Å²) in [7, 11) is 3.89. The number of thiol groups is 1. The highest BCUT2D eigenvalue weighted by molar-refractivity contribution is 8.00. The van der Waals surface area contributed by atoms with E-state index in [1.165, 1.54) is 30.8 Å². The van der Waals surface area contributed by atoms with Crippen molar-refractivity contribution in [2.24, 2.45) is 0 Å². The van der Waals surface area contributed by atoms with Gasteiger partial charge in [-0.1, -0.05) is 24.3 Å². The minimum absolute atomic E-state index is 0.226. The number of hydrogen-bond acceptors (Lipinski definition) is 6. The second kappa shape index (κ2) is 11.2. The lowest BCUT2D eigenvalue weighted by Gasteiger charge is -2.21. The summed E-state index contributed by atoms with van der Waals surface area (Å²) in [6.45, 7) is 0. The van der Waals surface area contributed by atoms with Gasteiger partial charge in [0.1, 0.15) is 5.75 Å². The van der Waals surface area contributed by atoms with E-state index < -0.39 is 29.3 Å². The van der Waals surface area contributed by atoms with Gasteiger partial charge in [-0.3, -0.25) is 14.5 Å². The molecule has 36 heavy (non-hydrogen) atoms. The highest BCUT2D eigenvalue weighted by Gasteiger charge is 2.38. The largest absolute Gasteiger partial charge is 0.495 e. The molecule has 0 fully saturated rings. The first kappa shape index (κ1) is 27.3. The summed E-state index contributed by atoms with van der Waals surface area (Å²) in [5.74, 6) is -1.62. The van der Waals surface area contributed by atoms with Gasteiger partial charge < -0.3 is 15.4 Å². The number of thioether (sulfide) groups is 1. The average Bonchev–Trinajstić information content (AvgIpc) is 3.28. The van der Waals surface area contributed by atoms with Crippen molar-refractivity contribution >= 4 is 47.6 Å². The lowest BCUT2D eigenvalue weighted by molar-refractivity contribution is -0.138. The number of nitrogen functional groups attached to an aromatic ring is 1. The van der Waals surface area contributed by atoms with Crippen LogP contribution in [-0.2, 0) is 6.18 Å². The monoisotopic (exact) mass is 535 g/mol. The summed E-state index contributed by atoms with van der Waals surface area (Å²) in [4.78, 5) is 29.7. The maximum Gasteiger partial charge on any atom is 0.420 e. The van der Waals surface area contributed by atoms with Crippen molar-refractivity contribution in [3.63, 3.8) is 0 Å². The molecule has 1 aliphatic heterocycles. The Morgan fingerprint density at radius 3 is 2.28 bits per heavy atom. The van der Waals surface area contributed by atoms with E-state index in [1.807, 2.05) is 36.4 Å². The predicted octanol–water partition coefficient (Wildman–Crippen LogP) is 5.68. The maximum atomic E-state index is 13.6. The maximum absolute atomic E-state index is 13.6. The van der Waals surface area contributed by atoms with E-state index >= 15 is 0 Å². The highest BCUT2D eigenvalue weighted by Crippen LogP contribution is 2.42. The molecular weight excluding hydrogens is 511 g/mol. The summed E-state index contributed by atoms with van der Waals surface area (Å²) in [5, 5.41) is 0. The van der Waals surface area contributed by atoms with Crippen LogP contribution in [0.25, 0.3) is 0 Å². The van der Waals surface area contributed by atoms with Crippen LogP contribution in [0.5, 0.6) is 5.75 Å². The fraction of sp³-hybridized carbons (Fsp3) is 0.200. The summed E-state index contributed by atoms with van der Waals surface area (Å²) in [6.07, 6.45) is -4.79. The second-order valence-electron chi connectivity index (χ2n) is 7.84.